The predicted octanol–water partition coefficient (Wildman–Crippen LogP) is 3.80. The van der Waals surface area contributed by atoms with Crippen molar-refractivity contribution in [2.24, 2.45) is 0 Å². The Kier molecular flexibility index (Phi) is 3.37. The lowest BCUT2D eigenvalue weighted by Gasteiger charge is -2.07. The molecule has 0 atom stereocenters. The van der Waals surface area contributed by atoms with Crippen LogP contribution in [0.15, 0.2) is 36.4 Å². The topological polar surface area (TPSA) is 52.4 Å². The Hall–Kier alpha value is -2.57. The van der Waals surface area contributed by atoms with Crippen LogP contribution in [-0.2, 0) is 0 Å². The second-order valence-corrected chi connectivity index (χ2v) is 3.55. The van der Waals surface area contributed by atoms with E-state index in [0.717, 1.165) is 12.1 Å². The van der Waals surface area contributed by atoms with Gasteiger partial charge in [-0.05, 0) is 24.3 Å². The molecular weight excluding hydrogens is 263 g/mol. The molecule has 0 heterocycles. The van der Waals surface area contributed by atoms with Crippen LogP contribution in [0.25, 0.3) is 0 Å². The lowest BCUT2D eigenvalue weighted by atomic mass is 10.2. The number of halogens is 3. The summed E-state index contributed by atoms with van der Waals surface area (Å²) in [5, 5.41) is 10.7. The molecule has 0 bridgehead atoms. The summed E-state index contributed by atoms with van der Waals surface area (Å²) in [6.45, 7) is 0. The van der Waals surface area contributed by atoms with Gasteiger partial charge in [0.15, 0.2) is 5.82 Å². The van der Waals surface area contributed by atoms with Gasteiger partial charge >= 0.3 is 5.69 Å². The standard InChI is InChI=1S/C12H6F3NO3/c13-7-1-3-9(4-2-7)19-12-10(15)5-8(14)6-11(12)16(17)18/h1-6H. The zero-order chi connectivity index (χ0) is 14.0. The Labute approximate surface area is 105 Å². The maximum absolute atomic E-state index is 13.5. The van der Waals surface area contributed by atoms with E-state index < -0.39 is 33.8 Å². The van der Waals surface area contributed by atoms with Gasteiger partial charge in [0, 0.05) is 6.07 Å². The molecule has 0 saturated heterocycles. The Morgan fingerprint density at radius 3 is 2.21 bits per heavy atom. The molecule has 0 amide bonds. The minimum Gasteiger partial charge on any atom is -0.447 e. The number of hydrogen-bond donors (Lipinski definition) is 0. The van der Waals surface area contributed by atoms with E-state index in [-0.39, 0.29) is 5.75 Å². The first kappa shape index (κ1) is 12.9. The summed E-state index contributed by atoms with van der Waals surface area (Å²) in [5.41, 5.74) is -0.846. The number of nitrogens with zero attached hydrogens (tertiary/aromatic N) is 1. The van der Waals surface area contributed by atoms with Crippen molar-refractivity contribution < 1.29 is 22.8 Å². The van der Waals surface area contributed by atoms with E-state index in [9.17, 15) is 23.3 Å². The molecule has 0 aliphatic heterocycles. The number of nitro groups is 1. The third-order valence-electron chi connectivity index (χ3n) is 2.22. The highest BCUT2D eigenvalue weighted by atomic mass is 19.1. The van der Waals surface area contributed by atoms with Crippen LogP contribution < -0.4 is 4.74 Å². The van der Waals surface area contributed by atoms with Crippen LogP contribution >= 0.6 is 0 Å². The minimum atomic E-state index is -1.21. The fourth-order valence-electron chi connectivity index (χ4n) is 1.40. The van der Waals surface area contributed by atoms with Crippen molar-refractivity contribution in [2.45, 2.75) is 0 Å². The molecule has 2 aromatic rings. The van der Waals surface area contributed by atoms with Crippen molar-refractivity contribution in [3.05, 3.63) is 64.0 Å². The van der Waals surface area contributed by atoms with E-state index in [1.165, 1.54) is 12.1 Å². The van der Waals surface area contributed by atoms with E-state index >= 15 is 0 Å². The van der Waals surface area contributed by atoms with E-state index in [4.69, 9.17) is 4.74 Å². The van der Waals surface area contributed by atoms with Gasteiger partial charge in [0.2, 0.25) is 5.75 Å². The van der Waals surface area contributed by atoms with Crippen LogP contribution in [-0.4, -0.2) is 4.92 Å². The highest BCUT2D eigenvalue weighted by Gasteiger charge is 2.22. The van der Waals surface area contributed by atoms with Crippen molar-refractivity contribution in [3.63, 3.8) is 0 Å². The van der Waals surface area contributed by atoms with Crippen LogP contribution in [0.1, 0.15) is 0 Å². The molecule has 7 heteroatoms. The van der Waals surface area contributed by atoms with Crippen LogP contribution in [0.4, 0.5) is 18.9 Å². The van der Waals surface area contributed by atoms with Crippen molar-refractivity contribution >= 4 is 5.69 Å². The van der Waals surface area contributed by atoms with Crippen molar-refractivity contribution in [1.29, 1.82) is 0 Å². The average Bonchev–Trinajstić information content (AvgIpc) is 2.34. The normalized spacial score (nSPS) is 10.3. The molecular formula is C12H6F3NO3. The second kappa shape index (κ2) is 4.97. The number of hydrogen-bond acceptors (Lipinski definition) is 3. The summed E-state index contributed by atoms with van der Waals surface area (Å²) >= 11 is 0. The smallest absolute Gasteiger partial charge is 0.317 e. The molecule has 0 aliphatic rings. The fourth-order valence-corrected chi connectivity index (χ4v) is 1.40. The predicted molar refractivity (Wildman–Crippen MR) is 59.5 cm³/mol. The quantitative estimate of drug-likeness (QED) is 0.629. The maximum Gasteiger partial charge on any atom is 0.317 e. The zero-order valence-electron chi connectivity index (χ0n) is 9.27. The van der Waals surface area contributed by atoms with Gasteiger partial charge in [0.1, 0.15) is 17.4 Å². The third kappa shape index (κ3) is 2.82. The second-order valence-electron chi connectivity index (χ2n) is 3.55. The number of ether oxygens (including phenoxy) is 1. The summed E-state index contributed by atoms with van der Waals surface area (Å²) in [5.74, 6) is -3.57. The lowest BCUT2D eigenvalue weighted by molar-refractivity contribution is -0.386. The molecule has 98 valence electrons. The summed E-state index contributed by atoms with van der Waals surface area (Å²) in [7, 11) is 0. The van der Waals surface area contributed by atoms with Gasteiger partial charge in [-0.15, -0.1) is 0 Å². The largest absolute Gasteiger partial charge is 0.447 e. The molecule has 0 aromatic heterocycles. The summed E-state index contributed by atoms with van der Waals surface area (Å²) in [6, 6.07) is 5.43. The Bertz CT molecular complexity index is 629. The SMILES string of the molecule is O=[N+]([O-])c1cc(F)cc(F)c1Oc1ccc(F)cc1. The number of nitro benzene ring substituents is 1. The first-order valence-electron chi connectivity index (χ1n) is 5.04. The molecule has 0 fully saturated rings. The Morgan fingerprint density at radius 2 is 1.63 bits per heavy atom. The van der Waals surface area contributed by atoms with E-state index in [2.05, 4.69) is 0 Å². The molecule has 0 unspecified atom stereocenters. The summed E-state index contributed by atoms with van der Waals surface area (Å²) in [6.07, 6.45) is 0. The van der Waals surface area contributed by atoms with Gasteiger partial charge < -0.3 is 4.74 Å². The van der Waals surface area contributed by atoms with Gasteiger partial charge in [-0.1, -0.05) is 0 Å². The Morgan fingerprint density at radius 1 is 1.00 bits per heavy atom. The van der Waals surface area contributed by atoms with Crippen molar-refractivity contribution in [2.75, 3.05) is 0 Å². The number of benzene rings is 2. The van der Waals surface area contributed by atoms with Gasteiger partial charge in [0.25, 0.3) is 0 Å². The van der Waals surface area contributed by atoms with Crippen LogP contribution in [0.2, 0.25) is 0 Å². The summed E-state index contributed by atoms with van der Waals surface area (Å²) < 4.78 is 44.0. The average molecular weight is 269 g/mol. The highest BCUT2D eigenvalue weighted by molar-refractivity contribution is 5.49. The van der Waals surface area contributed by atoms with E-state index in [0.29, 0.717) is 12.1 Å². The van der Waals surface area contributed by atoms with Crippen LogP contribution in [0.5, 0.6) is 11.5 Å². The highest BCUT2D eigenvalue weighted by Crippen LogP contribution is 2.34. The molecule has 0 saturated carbocycles. The monoisotopic (exact) mass is 269 g/mol. The molecule has 2 rings (SSSR count). The third-order valence-corrected chi connectivity index (χ3v) is 2.22. The van der Waals surface area contributed by atoms with Gasteiger partial charge in [-0.3, -0.25) is 10.1 Å². The van der Waals surface area contributed by atoms with Gasteiger partial charge in [-0.2, -0.15) is 0 Å². The maximum atomic E-state index is 13.5. The zero-order valence-corrected chi connectivity index (χ0v) is 9.27. The summed E-state index contributed by atoms with van der Waals surface area (Å²) in [4.78, 5) is 9.74. The minimum absolute atomic E-state index is 0.00462. The number of rotatable bonds is 3. The van der Waals surface area contributed by atoms with Crippen LogP contribution in [0, 0.1) is 27.6 Å². The lowest BCUT2D eigenvalue weighted by Crippen LogP contribution is -1.97. The fraction of sp³-hybridized carbons (Fsp3) is 0. The van der Waals surface area contributed by atoms with Gasteiger partial charge in [0.05, 0.1) is 11.0 Å². The molecule has 0 radical (unpaired) electrons. The van der Waals surface area contributed by atoms with E-state index in [1.54, 1.807) is 0 Å². The van der Waals surface area contributed by atoms with E-state index in [1.807, 2.05) is 0 Å². The van der Waals surface area contributed by atoms with Crippen molar-refractivity contribution in [3.8, 4) is 11.5 Å². The molecule has 19 heavy (non-hydrogen) atoms. The molecule has 2 aromatic carbocycles. The molecule has 0 spiro atoms. The first-order chi connectivity index (χ1) is 8.97. The first-order valence-corrected chi connectivity index (χ1v) is 5.04. The molecule has 0 N–H and O–H groups in total. The van der Waals surface area contributed by atoms with Crippen molar-refractivity contribution in [1.82, 2.24) is 0 Å². The Balaban J connectivity index is 2.44. The van der Waals surface area contributed by atoms with Gasteiger partial charge in [-0.25, -0.2) is 13.2 Å². The molecule has 0 aliphatic carbocycles. The molecule has 4 nitrogen and oxygen atoms in total. The van der Waals surface area contributed by atoms with Crippen LogP contribution in [0.3, 0.4) is 0 Å².